The number of carbonyl (C=O) groups excluding carboxylic acids is 2. The predicted molar refractivity (Wildman–Crippen MR) is 117 cm³/mol. The highest BCUT2D eigenvalue weighted by atomic mass is 16.2. The summed E-state index contributed by atoms with van der Waals surface area (Å²) >= 11 is 0. The highest BCUT2D eigenvalue weighted by Gasteiger charge is 2.10. The van der Waals surface area contributed by atoms with Gasteiger partial charge in [-0.3, -0.25) is 9.59 Å². The highest BCUT2D eigenvalue weighted by Crippen LogP contribution is 2.21. The zero-order valence-electron chi connectivity index (χ0n) is 16.3. The van der Waals surface area contributed by atoms with Crippen LogP contribution in [0.25, 0.3) is 21.7 Å². The lowest BCUT2D eigenvalue weighted by Crippen LogP contribution is -2.33. The number of nitrogens with zero attached hydrogens (tertiary/aromatic N) is 1. The molecular formula is C24H23N3O2. The average molecular weight is 385 g/mol. The van der Waals surface area contributed by atoms with Crippen molar-refractivity contribution in [3.8, 4) is 0 Å². The number of hydrogen-bond acceptors (Lipinski definition) is 2. The molecule has 4 aromatic rings. The predicted octanol–water partition coefficient (Wildman–Crippen LogP) is 4.11. The molecule has 5 nitrogen and oxygen atoms in total. The van der Waals surface area contributed by atoms with Crippen molar-refractivity contribution < 1.29 is 9.59 Å². The van der Waals surface area contributed by atoms with Gasteiger partial charge in [0.15, 0.2) is 0 Å². The van der Waals surface area contributed by atoms with E-state index in [2.05, 4.69) is 22.1 Å². The fraction of sp³-hybridized carbons (Fsp3) is 0.167. The lowest BCUT2D eigenvalue weighted by atomic mass is 10.0. The number of fused-ring (bicyclic) bond motifs is 2. The van der Waals surface area contributed by atoms with Crippen molar-refractivity contribution in [1.82, 2.24) is 9.88 Å². The van der Waals surface area contributed by atoms with Crippen LogP contribution in [0.5, 0.6) is 0 Å². The standard InChI is InChI=1S/C24H23N3O2/c1-2-27-13-12-19-14-20(10-11-22(19)27)26-24(29)16-25-23(28)15-18-8-5-7-17-6-3-4-9-21(17)18/h3-14H,2,15-16H2,1H3,(H,25,28)(H,26,29). The van der Waals surface area contributed by atoms with E-state index >= 15 is 0 Å². The van der Waals surface area contributed by atoms with Crippen LogP contribution in [0.1, 0.15) is 12.5 Å². The van der Waals surface area contributed by atoms with Gasteiger partial charge in [0.25, 0.3) is 0 Å². The Labute approximate surface area is 169 Å². The van der Waals surface area contributed by atoms with E-state index in [1.165, 1.54) is 0 Å². The summed E-state index contributed by atoms with van der Waals surface area (Å²) in [6.07, 6.45) is 2.27. The summed E-state index contributed by atoms with van der Waals surface area (Å²) in [6, 6.07) is 21.7. The molecule has 2 amide bonds. The second-order valence-corrected chi connectivity index (χ2v) is 7.02. The molecule has 0 saturated heterocycles. The molecule has 0 aliphatic rings. The number of benzene rings is 3. The van der Waals surface area contributed by atoms with Gasteiger partial charge in [-0.15, -0.1) is 0 Å². The Balaban J connectivity index is 1.35. The molecule has 0 radical (unpaired) electrons. The molecule has 0 aliphatic carbocycles. The molecule has 0 atom stereocenters. The maximum absolute atomic E-state index is 12.3. The van der Waals surface area contributed by atoms with Gasteiger partial charge < -0.3 is 15.2 Å². The molecule has 0 saturated carbocycles. The number of anilines is 1. The van der Waals surface area contributed by atoms with Crippen molar-refractivity contribution in [1.29, 1.82) is 0 Å². The normalized spacial score (nSPS) is 10.9. The van der Waals surface area contributed by atoms with Crippen molar-refractivity contribution >= 4 is 39.2 Å². The van der Waals surface area contributed by atoms with Gasteiger partial charge in [0.05, 0.1) is 13.0 Å². The van der Waals surface area contributed by atoms with Gasteiger partial charge >= 0.3 is 0 Å². The van der Waals surface area contributed by atoms with Crippen LogP contribution in [0.15, 0.2) is 72.9 Å². The first kappa shape index (κ1) is 18.7. The third kappa shape index (κ3) is 4.14. The maximum atomic E-state index is 12.3. The molecule has 0 unspecified atom stereocenters. The molecular weight excluding hydrogens is 362 g/mol. The van der Waals surface area contributed by atoms with E-state index in [9.17, 15) is 9.59 Å². The molecule has 0 spiro atoms. The molecule has 0 aliphatic heterocycles. The summed E-state index contributed by atoms with van der Waals surface area (Å²) in [6.45, 7) is 2.94. The molecule has 146 valence electrons. The Bertz CT molecular complexity index is 1190. The lowest BCUT2D eigenvalue weighted by molar-refractivity contribution is -0.123. The van der Waals surface area contributed by atoms with Crippen LogP contribution in [0.3, 0.4) is 0 Å². The zero-order chi connectivity index (χ0) is 20.2. The summed E-state index contributed by atoms with van der Waals surface area (Å²) in [5, 5.41) is 8.79. The largest absolute Gasteiger partial charge is 0.348 e. The van der Waals surface area contributed by atoms with Crippen LogP contribution in [0, 0.1) is 0 Å². The molecule has 0 bridgehead atoms. The van der Waals surface area contributed by atoms with Crippen molar-refractivity contribution in [2.24, 2.45) is 0 Å². The molecule has 0 fully saturated rings. The fourth-order valence-electron chi connectivity index (χ4n) is 3.62. The van der Waals surface area contributed by atoms with Crippen LogP contribution < -0.4 is 10.6 Å². The van der Waals surface area contributed by atoms with Crippen LogP contribution in [0.2, 0.25) is 0 Å². The summed E-state index contributed by atoms with van der Waals surface area (Å²) in [5.41, 5.74) is 2.81. The minimum atomic E-state index is -0.245. The number of nitrogens with one attached hydrogen (secondary N) is 2. The third-order valence-electron chi connectivity index (χ3n) is 5.07. The van der Waals surface area contributed by atoms with E-state index in [1.807, 2.05) is 72.9 Å². The SMILES string of the molecule is CCn1ccc2cc(NC(=O)CNC(=O)Cc3cccc4ccccc34)ccc21. The van der Waals surface area contributed by atoms with E-state index in [0.29, 0.717) is 0 Å². The van der Waals surface area contributed by atoms with Crippen LogP contribution in [0.4, 0.5) is 5.69 Å². The minimum absolute atomic E-state index is 0.0579. The van der Waals surface area contributed by atoms with E-state index in [4.69, 9.17) is 0 Å². The second kappa shape index (κ2) is 8.19. The third-order valence-corrected chi connectivity index (χ3v) is 5.07. The number of aromatic nitrogens is 1. The summed E-state index contributed by atoms with van der Waals surface area (Å²) in [7, 11) is 0. The van der Waals surface area contributed by atoms with E-state index < -0.39 is 0 Å². The Morgan fingerprint density at radius 2 is 1.72 bits per heavy atom. The first-order chi connectivity index (χ1) is 14.1. The maximum Gasteiger partial charge on any atom is 0.243 e. The smallest absolute Gasteiger partial charge is 0.243 e. The van der Waals surface area contributed by atoms with Crippen LogP contribution >= 0.6 is 0 Å². The fourth-order valence-corrected chi connectivity index (χ4v) is 3.62. The van der Waals surface area contributed by atoms with Gasteiger partial charge in [-0.05, 0) is 47.5 Å². The Kier molecular flexibility index (Phi) is 5.29. The molecule has 29 heavy (non-hydrogen) atoms. The first-order valence-corrected chi connectivity index (χ1v) is 9.76. The quantitative estimate of drug-likeness (QED) is 0.525. The Morgan fingerprint density at radius 1 is 0.897 bits per heavy atom. The molecule has 1 heterocycles. The second-order valence-electron chi connectivity index (χ2n) is 7.02. The number of amides is 2. The molecule has 4 rings (SSSR count). The van der Waals surface area contributed by atoms with E-state index in [1.54, 1.807) is 0 Å². The van der Waals surface area contributed by atoms with Crippen molar-refractivity contribution in [3.63, 3.8) is 0 Å². The Hall–Kier alpha value is -3.60. The summed E-state index contributed by atoms with van der Waals surface area (Å²) < 4.78 is 2.15. The number of hydrogen-bond donors (Lipinski definition) is 2. The van der Waals surface area contributed by atoms with Crippen molar-refractivity contribution in [3.05, 3.63) is 78.5 Å². The van der Waals surface area contributed by atoms with E-state index in [-0.39, 0.29) is 24.8 Å². The van der Waals surface area contributed by atoms with Gasteiger partial charge in [0.2, 0.25) is 11.8 Å². The van der Waals surface area contributed by atoms with Gasteiger partial charge in [-0.1, -0.05) is 42.5 Å². The van der Waals surface area contributed by atoms with Crippen LogP contribution in [-0.2, 0) is 22.6 Å². The number of aryl methyl sites for hydroxylation is 1. The minimum Gasteiger partial charge on any atom is -0.348 e. The van der Waals surface area contributed by atoms with E-state index in [0.717, 1.165) is 39.5 Å². The first-order valence-electron chi connectivity index (χ1n) is 9.76. The topological polar surface area (TPSA) is 63.1 Å². The molecule has 3 aromatic carbocycles. The lowest BCUT2D eigenvalue weighted by Gasteiger charge is -2.09. The molecule has 5 heteroatoms. The van der Waals surface area contributed by atoms with Gasteiger partial charge in [-0.2, -0.15) is 0 Å². The highest BCUT2D eigenvalue weighted by molar-refractivity contribution is 5.97. The van der Waals surface area contributed by atoms with Gasteiger partial charge in [0.1, 0.15) is 0 Å². The van der Waals surface area contributed by atoms with Crippen LogP contribution in [-0.4, -0.2) is 22.9 Å². The van der Waals surface area contributed by atoms with Gasteiger partial charge in [0, 0.05) is 29.3 Å². The molecule has 1 aromatic heterocycles. The summed E-state index contributed by atoms with van der Waals surface area (Å²) in [4.78, 5) is 24.6. The Morgan fingerprint density at radius 3 is 2.59 bits per heavy atom. The van der Waals surface area contributed by atoms with Gasteiger partial charge in [-0.25, -0.2) is 0 Å². The average Bonchev–Trinajstić information content (AvgIpc) is 3.15. The number of rotatable bonds is 6. The van der Waals surface area contributed by atoms with Crippen molar-refractivity contribution in [2.45, 2.75) is 19.9 Å². The molecule has 2 N–H and O–H groups in total. The monoisotopic (exact) mass is 385 g/mol. The summed E-state index contributed by atoms with van der Waals surface area (Å²) in [5.74, 6) is -0.419. The van der Waals surface area contributed by atoms with Crippen molar-refractivity contribution in [2.75, 3.05) is 11.9 Å². The number of carbonyl (C=O) groups is 2. The zero-order valence-corrected chi connectivity index (χ0v) is 16.3.